The van der Waals surface area contributed by atoms with E-state index in [0.717, 1.165) is 6.07 Å². The monoisotopic (exact) mass is 496 g/mol. The molecule has 0 amide bonds. The molecule has 0 spiro atoms. The largest absolute Gasteiger partial charge is 0.478 e. The normalized spacial score (nSPS) is 11.8. The quantitative estimate of drug-likeness (QED) is 0.300. The van der Waals surface area contributed by atoms with Crippen LogP contribution >= 0.6 is 15.9 Å². The molecule has 5 N–H and O–H groups in total. The van der Waals surface area contributed by atoms with Gasteiger partial charge in [-0.15, -0.1) is 0 Å². The number of carboxylic acids is 2. The Kier molecular flexibility index (Phi) is 5.87. The predicted molar refractivity (Wildman–Crippen MR) is 122 cm³/mol. The first-order valence-corrected chi connectivity index (χ1v) is 9.67. The number of ketones is 2. The van der Waals surface area contributed by atoms with E-state index in [-0.39, 0.29) is 57.9 Å². The summed E-state index contributed by atoms with van der Waals surface area (Å²) in [5.74, 6) is -3.48. The summed E-state index contributed by atoms with van der Waals surface area (Å²) in [4.78, 5) is 49.1. The summed E-state index contributed by atoms with van der Waals surface area (Å²) in [6, 6.07) is 11.3. The van der Waals surface area contributed by atoms with E-state index in [2.05, 4.69) is 21.2 Å². The molecule has 0 aromatic heterocycles. The number of halogens is 1. The lowest BCUT2D eigenvalue weighted by Crippen LogP contribution is -2.24. The molecule has 0 heterocycles. The van der Waals surface area contributed by atoms with Crippen molar-refractivity contribution in [2.45, 2.75) is 7.43 Å². The smallest absolute Gasteiger partial charge is 0.335 e. The molecule has 4 rings (SSSR count). The number of benzene rings is 3. The fraction of sp³-hybridized carbons (Fsp3) is 0.0435. The molecule has 0 bridgehead atoms. The van der Waals surface area contributed by atoms with Gasteiger partial charge in [-0.3, -0.25) is 9.59 Å². The van der Waals surface area contributed by atoms with Gasteiger partial charge in [0, 0.05) is 21.3 Å². The van der Waals surface area contributed by atoms with Crippen LogP contribution in [-0.2, 0) is 0 Å². The molecule has 3 aromatic carbocycles. The van der Waals surface area contributed by atoms with Crippen molar-refractivity contribution in [2.24, 2.45) is 0 Å². The Labute approximate surface area is 190 Å². The van der Waals surface area contributed by atoms with Crippen LogP contribution in [0.3, 0.4) is 0 Å². The molecule has 0 fully saturated rings. The fourth-order valence-corrected chi connectivity index (χ4v) is 3.91. The Morgan fingerprint density at radius 2 is 1.34 bits per heavy atom. The number of aromatic carboxylic acids is 2. The summed E-state index contributed by atoms with van der Waals surface area (Å²) in [6.07, 6.45) is 0. The molecule has 9 heteroatoms. The van der Waals surface area contributed by atoms with Crippen LogP contribution in [0, 0.1) is 0 Å². The molecule has 0 aliphatic heterocycles. The number of carbonyl (C=O) groups excluding carboxylic acids is 2. The lowest BCUT2D eigenvalue weighted by atomic mass is 9.82. The second-order valence-corrected chi connectivity index (χ2v) is 7.66. The fourth-order valence-electron chi connectivity index (χ4n) is 3.49. The summed E-state index contributed by atoms with van der Waals surface area (Å²) < 4.78 is 0.349. The van der Waals surface area contributed by atoms with E-state index in [0.29, 0.717) is 4.47 Å². The summed E-state index contributed by atoms with van der Waals surface area (Å²) in [5, 5.41) is 21.5. The Bertz CT molecular complexity index is 1300. The van der Waals surface area contributed by atoms with Crippen LogP contribution < -0.4 is 11.1 Å². The van der Waals surface area contributed by atoms with Crippen molar-refractivity contribution >= 4 is 56.5 Å². The average molecular weight is 497 g/mol. The highest BCUT2D eigenvalue weighted by molar-refractivity contribution is 9.10. The van der Waals surface area contributed by atoms with Crippen molar-refractivity contribution in [3.63, 3.8) is 0 Å². The Morgan fingerprint density at radius 3 is 1.84 bits per heavy atom. The van der Waals surface area contributed by atoms with E-state index in [1.807, 2.05) is 0 Å². The van der Waals surface area contributed by atoms with Crippen molar-refractivity contribution in [1.82, 2.24) is 0 Å². The van der Waals surface area contributed by atoms with Crippen LogP contribution in [0.1, 0.15) is 60.0 Å². The van der Waals surface area contributed by atoms with Gasteiger partial charge in [-0.2, -0.15) is 0 Å². The van der Waals surface area contributed by atoms with Crippen molar-refractivity contribution < 1.29 is 29.4 Å². The first-order chi connectivity index (χ1) is 14.7. The van der Waals surface area contributed by atoms with Gasteiger partial charge < -0.3 is 21.3 Å². The number of carbonyl (C=O) groups is 4. The molecular formula is C23H17BrN2O6. The third-order valence-corrected chi connectivity index (χ3v) is 5.55. The van der Waals surface area contributed by atoms with Gasteiger partial charge in [-0.05, 0) is 40.2 Å². The number of anilines is 3. The molecule has 32 heavy (non-hydrogen) atoms. The molecule has 0 saturated carbocycles. The van der Waals surface area contributed by atoms with Gasteiger partial charge in [-0.25, -0.2) is 9.59 Å². The third kappa shape index (κ3) is 3.63. The molecular weight excluding hydrogens is 480 g/mol. The molecule has 0 radical (unpaired) electrons. The number of fused-ring (bicyclic) bond motifs is 2. The SMILES string of the molecule is C.Nc1c(Br)cc(Nc2cc(C(=O)O)cc(C(=O)O)c2)c2c1C(=O)c1ccccc1C2=O. The summed E-state index contributed by atoms with van der Waals surface area (Å²) in [6.45, 7) is 0. The molecule has 162 valence electrons. The van der Waals surface area contributed by atoms with E-state index in [4.69, 9.17) is 5.73 Å². The number of nitrogens with two attached hydrogens (primary N) is 1. The zero-order chi connectivity index (χ0) is 22.4. The third-order valence-electron chi connectivity index (χ3n) is 4.89. The minimum Gasteiger partial charge on any atom is -0.478 e. The summed E-state index contributed by atoms with van der Waals surface area (Å²) in [7, 11) is 0. The first-order valence-electron chi connectivity index (χ1n) is 8.88. The Balaban J connectivity index is 0.00000289. The number of nitrogens with one attached hydrogen (secondary N) is 1. The van der Waals surface area contributed by atoms with E-state index >= 15 is 0 Å². The number of carboxylic acid groups (broad SMARTS) is 2. The van der Waals surface area contributed by atoms with E-state index in [9.17, 15) is 29.4 Å². The van der Waals surface area contributed by atoms with Crippen LogP contribution in [0.5, 0.6) is 0 Å². The van der Waals surface area contributed by atoms with Gasteiger partial charge in [0.25, 0.3) is 0 Å². The minimum atomic E-state index is -1.31. The number of rotatable bonds is 4. The first kappa shape index (κ1) is 22.7. The highest BCUT2D eigenvalue weighted by Crippen LogP contribution is 2.40. The van der Waals surface area contributed by atoms with Crippen molar-refractivity contribution in [3.8, 4) is 0 Å². The maximum Gasteiger partial charge on any atom is 0.335 e. The summed E-state index contributed by atoms with van der Waals surface area (Å²) >= 11 is 3.28. The van der Waals surface area contributed by atoms with Crippen LogP contribution in [0.2, 0.25) is 0 Å². The molecule has 0 saturated heterocycles. The molecule has 1 aliphatic carbocycles. The lowest BCUT2D eigenvalue weighted by molar-refractivity contribution is 0.0696. The van der Waals surface area contributed by atoms with E-state index < -0.39 is 23.5 Å². The average Bonchev–Trinajstić information content (AvgIpc) is 2.74. The molecule has 3 aromatic rings. The number of hydrogen-bond acceptors (Lipinski definition) is 6. The minimum absolute atomic E-state index is 0. The van der Waals surface area contributed by atoms with Crippen molar-refractivity contribution in [3.05, 3.63) is 86.4 Å². The zero-order valence-electron chi connectivity index (χ0n) is 15.6. The van der Waals surface area contributed by atoms with Crippen molar-refractivity contribution in [2.75, 3.05) is 11.1 Å². The van der Waals surface area contributed by atoms with Gasteiger partial charge in [0.1, 0.15) is 0 Å². The second-order valence-electron chi connectivity index (χ2n) is 6.81. The van der Waals surface area contributed by atoms with E-state index in [1.54, 1.807) is 18.2 Å². The lowest BCUT2D eigenvalue weighted by Gasteiger charge is -2.23. The van der Waals surface area contributed by atoms with E-state index in [1.165, 1.54) is 24.3 Å². The predicted octanol–water partition coefficient (Wildman–Crippen LogP) is 4.58. The maximum absolute atomic E-state index is 13.2. The van der Waals surface area contributed by atoms with Gasteiger partial charge in [0.2, 0.25) is 0 Å². The second kappa shape index (κ2) is 8.27. The van der Waals surface area contributed by atoms with Gasteiger partial charge in [-0.1, -0.05) is 31.7 Å². The van der Waals surface area contributed by atoms with Gasteiger partial charge in [0.05, 0.1) is 33.6 Å². The molecule has 0 unspecified atom stereocenters. The van der Waals surface area contributed by atoms with Gasteiger partial charge in [0.15, 0.2) is 11.6 Å². The maximum atomic E-state index is 13.2. The molecule has 0 atom stereocenters. The standard InChI is InChI=1S/C22H13BrN2O6.CH4/c23-14-8-15(25-11-6-9(21(28)29)5-10(7-11)22(30)31)16-17(18(14)24)20(27)13-4-2-1-3-12(13)19(16)26;/h1-8,25H,24H2,(H,28,29)(H,30,31);1H4. The van der Waals surface area contributed by atoms with Crippen molar-refractivity contribution in [1.29, 1.82) is 0 Å². The molecule has 1 aliphatic rings. The van der Waals surface area contributed by atoms with Gasteiger partial charge >= 0.3 is 11.9 Å². The summed E-state index contributed by atoms with van der Waals surface area (Å²) in [5.41, 5.74) is 6.50. The van der Waals surface area contributed by atoms with Crippen LogP contribution in [-0.4, -0.2) is 33.7 Å². The van der Waals surface area contributed by atoms with Crippen LogP contribution in [0.4, 0.5) is 17.1 Å². The Hall–Kier alpha value is -3.98. The number of hydrogen-bond donors (Lipinski definition) is 4. The van der Waals surface area contributed by atoms with Crippen LogP contribution in [0.15, 0.2) is 53.0 Å². The highest BCUT2D eigenvalue weighted by Gasteiger charge is 2.34. The zero-order valence-corrected chi connectivity index (χ0v) is 17.2. The highest BCUT2D eigenvalue weighted by atomic mass is 79.9. The van der Waals surface area contributed by atoms with Crippen LogP contribution in [0.25, 0.3) is 0 Å². The Morgan fingerprint density at radius 1 is 0.844 bits per heavy atom. The molecule has 8 nitrogen and oxygen atoms in total. The topological polar surface area (TPSA) is 147 Å². The number of nitrogen functional groups attached to an aromatic ring is 1.